The SMILES string of the molecule is CNC(Cc1cccnc1)Cc1cn(C)nn1. The molecule has 0 spiro atoms. The fourth-order valence-electron chi connectivity index (χ4n) is 1.82. The lowest BCUT2D eigenvalue weighted by Gasteiger charge is -2.14. The lowest BCUT2D eigenvalue weighted by Crippen LogP contribution is -2.30. The van der Waals surface area contributed by atoms with Crippen LogP contribution in [0.5, 0.6) is 0 Å². The molecule has 1 atom stereocenters. The highest BCUT2D eigenvalue weighted by Crippen LogP contribution is 2.05. The Balaban J connectivity index is 1.98. The van der Waals surface area contributed by atoms with Crippen LogP contribution in [0, 0.1) is 0 Å². The Labute approximate surface area is 101 Å². The van der Waals surface area contributed by atoms with Gasteiger partial charge in [-0.15, -0.1) is 5.10 Å². The molecule has 0 amide bonds. The maximum atomic E-state index is 4.12. The summed E-state index contributed by atoms with van der Waals surface area (Å²) < 4.78 is 1.73. The van der Waals surface area contributed by atoms with Crippen LogP contribution < -0.4 is 5.32 Å². The molecule has 5 nitrogen and oxygen atoms in total. The van der Waals surface area contributed by atoms with Crippen LogP contribution in [0.2, 0.25) is 0 Å². The van der Waals surface area contributed by atoms with E-state index in [1.165, 1.54) is 5.56 Å². The van der Waals surface area contributed by atoms with Gasteiger partial charge < -0.3 is 5.32 Å². The van der Waals surface area contributed by atoms with Crippen LogP contribution in [0.1, 0.15) is 11.3 Å². The summed E-state index contributed by atoms with van der Waals surface area (Å²) in [6.07, 6.45) is 7.47. The average Bonchev–Trinajstić information content (AvgIpc) is 2.75. The van der Waals surface area contributed by atoms with Gasteiger partial charge in [0.15, 0.2) is 0 Å². The monoisotopic (exact) mass is 231 g/mol. The number of nitrogens with zero attached hydrogens (tertiary/aromatic N) is 4. The van der Waals surface area contributed by atoms with Gasteiger partial charge in [-0.25, -0.2) is 0 Å². The first-order chi connectivity index (χ1) is 8.28. The standard InChI is InChI=1S/C12H17N5/c1-13-11(6-10-4-3-5-14-8-10)7-12-9-17(2)16-15-12/h3-5,8-9,11,13H,6-7H2,1-2H3. The fourth-order valence-corrected chi connectivity index (χ4v) is 1.82. The number of aryl methyl sites for hydroxylation is 1. The Kier molecular flexibility index (Phi) is 3.82. The molecule has 2 aromatic heterocycles. The van der Waals surface area contributed by atoms with Crippen molar-refractivity contribution < 1.29 is 0 Å². The van der Waals surface area contributed by atoms with Crippen molar-refractivity contribution >= 4 is 0 Å². The molecule has 0 radical (unpaired) electrons. The lowest BCUT2D eigenvalue weighted by atomic mass is 10.0. The molecule has 2 aromatic rings. The zero-order valence-electron chi connectivity index (χ0n) is 10.2. The molecule has 90 valence electrons. The molecule has 5 heteroatoms. The first kappa shape index (κ1) is 11.7. The highest BCUT2D eigenvalue weighted by atomic mass is 15.4. The molecule has 0 aliphatic carbocycles. The predicted molar refractivity (Wildman–Crippen MR) is 65.5 cm³/mol. The van der Waals surface area contributed by atoms with E-state index < -0.39 is 0 Å². The first-order valence-electron chi connectivity index (χ1n) is 5.69. The third-order valence-electron chi connectivity index (χ3n) is 2.72. The topological polar surface area (TPSA) is 55.6 Å². The van der Waals surface area contributed by atoms with Gasteiger partial charge in [0.1, 0.15) is 0 Å². The van der Waals surface area contributed by atoms with E-state index in [2.05, 4.69) is 26.7 Å². The summed E-state index contributed by atoms with van der Waals surface area (Å²) in [6.45, 7) is 0. The van der Waals surface area contributed by atoms with Crippen molar-refractivity contribution in [1.29, 1.82) is 0 Å². The molecule has 2 rings (SSSR count). The molecular formula is C12H17N5. The Bertz CT molecular complexity index is 451. The summed E-state index contributed by atoms with van der Waals surface area (Å²) in [5, 5.41) is 11.3. The predicted octanol–water partition coefficient (Wildman–Crippen LogP) is 0.583. The molecule has 0 bridgehead atoms. The van der Waals surface area contributed by atoms with Gasteiger partial charge in [0.2, 0.25) is 0 Å². The average molecular weight is 231 g/mol. The van der Waals surface area contributed by atoms with Crippen molar-refractivity contribution in [3.63, 3.8) is 0 Å². The van der Waals surface area contributed by atoms with Crippen molar-refractivity contribution in [2.75, 3.05) is 7.05 Å². The fraction of sp³-hybridized carbons (Fsp3) is 0.417. The second kappa shape index (κ2) is 5.54. The zero-order valence-corrected chi connectivity index (χ0v) is 10.2. The van der Waals surface area contributed by atoms with Crippen molar-refractivity contribution in [1.82, 2.24) is 25.3 Å². The summed E-state index contributed by atoms with van der Waals surface area (Å²) >= 11 is 0. The number of hydrogen-bond acceptors (Lipinski definition) is 4. The number of aromatic nitrogens is 4. The lowest BCUT2D eigenvalue weighted by molar-refractivity contribution is 0.549. The van der Waals surface area contributed by atoms with E-state index in [1.54, 1.807) is 10.9 Å². The van der Waals surface area contributed by atoms with E-state index in [4.69, 9.17) is 0 Å². The van der Waals surface area contributed by atoms with Gasteiger partial charge >= 0.3 is 0 Å². The van der Waals surface area contributed by atoms with Crippen LogP contribution in [0.4, 0.5) is 0 Å². The molecule has 17 heavy (non-hydrogen) atoms. The molecule has 1 N–H and O–H groups in total. The van der Waals surface area contributed by atoms with Crippen molar-refractivity contribution in [3.05, 3.63) is 42.0 Å². The van der Waals surface area contributed by atoms with Crippen LogP contribution in [0.25, 0.3) is 0 Å². The maximum absolute atomic E-state index is 4.12. The number of likely N-dealkylation sites (N-methyl/N-ethyl adjacent to an activating group) is 1. The Morgan fingerprint density at radius 3 is 2.88 bits per heavy atom. The van der Waals surface area contributed by atoms with Crippen molar-refractivity contribution in [2.45, 2.75) is 18.9 Å². The highest BCUT2D eigenvalue weighted by Gasteiger charge is 2.10. The van der Waals surface area contributed by atoms with Crippen LogP contribution in [-0.4, -0.2) is 33.1 Å². The van der Waals surface area contributed by atoms with E-state index in [0.29, 0.717) is 6.04 Å². The quantitative estimate of drug-likeness (QED) is 0.818. The Morgan fingerprint density at radius 1 is 1.41 bits per heavy atom. The first-order valence-corrected chi connectivity index (χ1v) is 5.69. The van der Waals surface area contributed by atoms with E-state index in [1.807, 2.05) is 32.6 Å². The second-order valence-electron chi connectivity index (χ2n) is 4.14. The maximum Gasteiger partial charge on any atom is 0.0842 e. The summed E-state index contributed by atoms with van der Waals surface area (Å²) in [7, 11) is 3.85. The number of hydrogen-bond donors (Lipinski definition) is 1. The molecule has 0 saturated heterocycles. The normalized spacial score (nSPS) is 12.6. The van der Waals surface area contributed by atoms with Crippen LogP contribution in [0.3, 0.4) is 0 Å². The molecule has 1 unspecified atom stereocenters. The number of rotatable bonds is 5. The van der Waals surface area contributed by atoms with Gasteiger partial charge in [0.05, 0.1) is 5.69 Å². The molecule has 0 aromatic carbocycles. The third kappa shape index (κ3) is 3.35. The molecule has 0 aliphatic rings. The van der Waals surface area contributed by atoms with Crippen LogP contribution >= 0.6 is 0 Å². The summed E-state index contributed by atoms with van der Waals surface area (Å²) in [5.74, 6) is 0. The number of pyridine rings is 1. The van der Waals surface area contributed by atoms with Gasteiger partial charge in [0, 0.05) is 38.1 Å². The van der Waals surface area contributed by atoms with E-state index in [9.17, 15) is 0 Å². The van der Waals surface area contributed by atoms with Gasteiger partial charge in [-0.05, 0) is 25.1 Å². The van der Waals surface area contributed by atoms with Crippen molar-refractivity contribution in [2.24, 2.45) is 7.05 Å². The third-order valence-corrected chi connectivity index (χ3v) is 2.72. The highest BCUT2D eigenvalue weighted by molar-refractivity contribution is 5.11. The molecule has 0 aliphatic heterocycles. The minimum absolute atomic E-state index is 0.357. The molecule has 0 saturated carbocycles. The van der Waals surface area contributed by atoms with Gasteiger partial charge in [-0.1, -0.05) is 11.3 Å². The van der Waals surface area contributed by atoms with Crippen molar-refractivity contribution in [3.8, 4) is 0 Å². The van der Waals surface area contributed by atoms with Gasteiger partial charge in [-0.3, -0.25) is 9.67 Å². The van der Waals surface area contributed by atoms with E-state index in [0.717, 1.165) is 18.5 Å². The van der Waals surface area contributed by atoms with Crippen LogP contribution in [-0.2, 0) is 19.9 Å². The largest absolute Gasteiger partial charge is 0.316 e. The summed E-state index contributed by atoms with van der Waals surface area (Å²) in [6, 6.07) is 4.41. The van der Waals surface area contributed by atoms with Gasteiger partial charge in [-0.2, -0.15) is 0 Å². The number of nitrogens with one attached hydrogen (secondary N) is 1. The molecule has 2 heterocycles. The zero-order chi connectivity index (χ0) is 12.1. The smallest absolute Gasteiger partial charge is 0.0842 e. The summed E-state index contributed by atoms with van der Waals surface area (Å²) in [5.41, 5.74) is 2.24. The Morgan fingerprint density at radius 2 is 2.29 bits per heavy atom. The van der Waals surface area contributed by atoms with Crippen LogP contribution in [0.15, 0.2) is 30.7 Å². The molecular weight excluding hydrogens is 214 g/mol. The minimum Gasteiger partial charge on any atom is -0.316 e. The van der Waals surface area contributed by atoms with E-state index in [-0.39, 0.29) is 0 Å². The van der Waals surface area contributed by atoms with E-state index >= 15 is 0 Å². The second-order valence-corrected chi connectivity index (χ2v) is 4.14. The van der Waals surface area contributed by atoms with Gasteiger partial charge in [0.25, 0.3) is 0 Å². The minimum atomic E-state index is 0.357. The summed E-state index contributed by atoms with van der Waals surface area (Å²) in [4.78, 5) is 4.12. The Hall–Kier alpha value is -1.75. The molecule has 0 fully saturated rings.